The van der Waals surface area contributed by atoms with Crippen molar-refractivity contribution < 1.29 is 9.53 Å². The van der Waals surface area contributed by atoms with Crippen LogP contribution in [-0.2, 0) is 17.6 Å². The van der Waals surface area contributed by atoms with Gasteiger partial charge in [0.15, 0.2) is 6.61 Å². The number of amides is 1. The maximum Gasteiger partial charge on any atom is 0.262 e. The Hall–Kier alpha value is -2.03. The van der Waals surface area contributed by atoms with Gasteiger partial charge >= 0.3 is 0 Å². The van der Waals surface area contributed by atoms with E-state index in [1.165, 1.54) is 16.2 Å². The number of nitriles is 1. The lowest BCUT2D eigenvalue weighted by Crippen LogP contribution is -2.26. The molecule has 1 aliphatic rings. The van der Waals surface area contributed by atoms with Crippen molar-refractivity contribution in [3.8, 4) is 11.8 Å². The second kappa shape index (κ2) is 8.14. The second-order valence-electron chi connectivity index (χ2n) is 8.37. The molecule has 0 saturated heterocycles. The Kier molecular flexibility index (Phi) is 6.02. The number of carbonyl (C=O) groups excluding carboxylic acids is 1. The molecule has 1 N–H and O–H groups in total. The van der Waals surface area contributed by atoms with Gasteiger partial charge in [0.1, 0.15) is 16.8 Å². The van der Waals surface area contributed by atoms with Gasteiger partial charge in [-0.2, -0.15) is 5.26 Å². The van der Waals surface area contributed by atoms with Gasteiger partial charge in [0.2, 0.25) is 0 Å². The molecule has 0 bridgehead atoms. The molecule has 2 aromatic rings. The first-order valence-corrected chi connectivity index (χ1v) is 10.6. The summed E-state index contributed by atoms with van der Waals surface area (Å²) >= 11 is 7.54. The molecule has 0 radical (unpaired) electrons. The van der Waals surface area contributed by atoms with Crippen molar-refractivity contribution in [1.29, 1.82) is 5.26 Å². The lowest BCUT2D eigenvalue weighted by atomic mass is 9.72. The summed E-state index contributed by atoms with van der Waals surface area (Å²) in [6.07, 6.45) is 2.94. The molecule has 0 aliphatic heterocycles. The summed E-state index contributed by atoms with van der Waals surface area (Å²) in [6, 6.07) is 7.57. The fraction of sp³-hybridized carbons (Fsp3) is 0.455. The van der Waals surface area contributed by atoms with E-state index >= 15 is 0 Å². The predicted molar refractivity (Wildman–Crippen MR) is 114 cm³/mol. The molecule has 1 aliphatic carbocycles. The summed E-state index contributed by atoms with van der Waals surface area (Å²) in [6.45, 7) is 8.56. The number of fused-ring (bicyclic) bond motifs is 1. The third kappa shape index (κ3) is 4.51. The molecule has 1 aromatic heterocycles. The fourth-order valence-corrected chi connectivity index (χ4v) is 4.96. The largest absolute Gasteiger partial charge is 0.484 e. The lowest BCUT2D eigenvalue weighted by Gasteiger charge is -2.33. The molecule has 1 atom stereocenters. The second-order valence-corrected chi connectivity index (χ2v) is 9.89. The maximum absolute atomic E-state index is 12.4. The molecule has 0 saturated carbocycles. The van der Waals surface area contributed by atoms with Crippen molar-refractivity contribution in [3.63, 3.8) is 0 Å². The average Bonchev–Trinajstić information content (AvgIpc) is 2.98. The SMILES string of the molecule is Cc1cc(OCC(=O)Nc2sc3c(c2C#N)CCC(C(C)(C)C)C3)ccc1Cl. The van der Waals surface area contributed by atoms with E-state index < -0.39 is 0 Å². The molecule has 0 fully saturated rings. The number of aryl methyl sites for hydroxylation is 1. The Bertz CT molecular complexity index is 937. The van der Waals surface area contributed by atoms with Crippen LogP contribution in [0.2, 0.25) is 5.02 Å². The van der Waals surface area contributed by atoms with E-state index in [4.69, 9.17) is 16.3 Å². The summed E-state index contributed by atoms with van der Waals surface area (Å²) in [7, 11) is 0. The summed E-state index contributed by atoms with van der Waals surface area (Å²) in [5.74, 6) is 0.913. The number of nitrogens with zero attached hydrogens (tertiary/aromatic N) is 1. The van der Waals surface area contributed by atoms with E-state index in [2.05, 4.69) is 32.2 Å². The average molecular weight is 417 g/mol. The summed E-state index contributed by atoms with van der Waals surface area (Å²) in [5.41, 5.74) is 2.86. The fourth-order valence-electron chi connectivity index (χ4n) is 3.55. The third-order valence-electron chi connectivity index (χ3n) is 5.35. The smallest absolute Gasteiger partial charge is 0.262 e. The zero-order chi connectivity index (χ0) is 20.5. The van der Waals surface area contributed by atoms with E-state index in [-0.39, 0.29) is 17.9 Å². The number of hydrogen-bond donors (Lipinski definition) is 1. The number of benzene rings is 1. The molecular formula is C22H25ClN2O2S. The molecule has 1 unspecified atom stereocenters. The number of carbonyl (C=O) groups is 1. The van der Waals surface area contributed by atoms with Crippen LogP contribution in [0, 0.1) is 29.6 Å². The minimum Gasteiger partial charge on any atom is -0.484 e. The molecule has 28 heavy (non-hydrogen) atoms. The van der Waals surface area contributed by atoms with Gasteiger partial charge in [-0.15, -0.1) is 11.3 Å². The molecule has 148 valence electrons. The predicted octanol–water partition coefficient (Wildman–Crippen LogP) is 5.75. The van der Waals surface area contributed by atoms with Crippen molar-refractivity contribution in [2.75, 3.05) is 11.9 Å². The Balaban J connectivity index is 1.69. The molecule has 4 nitrogen and oxygen atoms in total. The Morgan fingerprint density at radius 2 is 2.18 bits per heavy atom. The van der Waals surface area contributed by atoms with Gasteiger partial charge in [0, 0.05) is 9.90 Å². The normalized spacial score (nSPS) is 16.2. The van der Waals surface area contributed by atoms with Crippen LogP contribution in [0.25, 0.3) is 0 Å². The van der Waals surface area contributed by atoms with Crippen molar-refractivity contribution in [1.82, 2.24) is 0 Å². The molecule has 3 rings (SSSR count). The van der Waals surface area contributed by atoms with Gasteiger partial charge < -0.3 is 10.1 Å². The van der Waals surface area contributed by atoms with Crippen LogP contribution in [0.15, 0.2) is 18.2 Å². The summed E-state index contributed by atoms with van der Waals surface area (Å²) in [4.78, 5) is 13.6. The van der Waals surface area contributed by atoms with Gasteiger partial charge in [-0.3, -0.25) is 4.79 Å². The minimum atomic E-state index is -0.268. The van der Waals surface area contributed by atoms with Gasteiger partial charge in [-0.25, -0.2) is 0 Å². The molecule has 1 aromatic carbocycles. The number of hydrogen-bond acceptors (Lipinski definition) is 4. The van der Waals surface area contributed by atoms with Gasteiger partial charge in [-0.05, 0) is 66.8 Å². The van der Waals surface area contributed by atoms with E-state index in [1.807, 2.05) is 6.92 Å². The standard InChI is InChI=1S/C22H25ClN2O2S/c1-13-9-15(6-8-18(13)23)27-12-20(26)25-21-17(11-24)16-7-5-14(22(2,3)4)10-19(16)28-21/h6,8-9,14H,5,7,10,12H2,1-4H3,(H,25,26). The van der Waals surface area contributed by atoms with E-state index in [1.54, 1.807) is 18.2 Å². The first-order valence-electron chi connectivity index (χ1n) is 9.42. The summed E-state index contributed by atoms with van der Waals surface area (Å²) in [5, 5.41) is 13.8. The van der Waals surface area contributed by atoms with Crippen LogP contribution in [-0.4, -0.2) is 12.5 Å². The third-order valence-corrected chi connectivity index (χ3v) is 6.95. The number of nitrogens with one attached hydrogen (secondary N) is 1. The molecule has 1 heterocycles. The van der Waals surface area contributed by atoms with Crippen LogP contribution >= 0.6 is 22.9 Å². The zero-order valence-electron chi connectivity index (χ0n) is 16.7. The monoisotopic (exact) mass is 416 g/mol. The number of halogens is 1. The van der Waals surface area contributed by atoms with E-state index in [0.29, 0.717) is 27.3 Å². The topological polar surface area (TPSA) is 62.1 Å². The lowest BCUT2D eigenvalue weighted by molar-refractivity contribution is -0.118. The van der Waals surface area contributed by atoms with Crippen LogP contribution in [0.1, 0.15) is 48.8 Å². The number of thiophene rings is 1. The Labute approximate surface area is 175 Å². The molecular weight excluding hydrogens is 392 g/mol. The van der Waals surface area contributed by atoms with E-state index in [9.17, 15) is 10.1 Å². The van der Waals surface area contributed by atoms with Crippen LogP contribution in [0.4, 0.5) is 5.00 Å². The molecule has 0 spiro atoms. The minimum absolute atomic E-state index is 0.112. The quantitative estimate of drug-likeness (QED) is 0.690. The highest BCUT2D eigenvalue weighted by molar-refractivity contribution is 7.16. The molecule has 1 amide bonds. The number of anilines is 1. The maximum atomic E-state index is 12.4. The van der Waals surface area contributed by atoms with Gasteiger partial charge in [0.25, 0.3) is 5.91 Å². The first-order chi connectivity index (χ1) is 13.2. The zero-order valence-corrected chi connectivity index (χ0v) is 18.3. The first kappa shape index (κ1) is 20.7. The van der Waals surface area contributed by atoms with Crippen LogP contribution < -0.4 is 10.1 Å². The van der Waals surface area contributed by atoms with Crippen LogP contribution in [0.3, 0.4) is 0 Å². The van der Waals surface area contributed by atoms with Crippen molar-refractivity contribution in [3.05, 3.63) is 44.8 Å². The van der Waals surface area contributed by atoms with Gasteiger partial charge in [-0.1, -0.05) is 32.4 Å². The highest BCUT2D eigenvalue weighted by Crippen LogP contribution is 2.43. The summed E-state index contributed by atoms with van der Waals surface area (Å²) < 4.78 is 5.56. The van der Waals surface area contributed by atoms with Crippen molar-refractivity contribution in [2.45, 2.75) is 47.0 Å². The highest BCUT2D eigenvalue weighted by atomic mass is 35.5. The molecule has 6 heteroatoms. The van der Waals surface area contributed by atoms with Crippen molar-refractivity contribution in [2.24, 2.45) is 11.3 Å². The Morgan fingerprint density at radius 3 is 2.82 bits per heavy atom. The van der Waals surface area contributed by atoms with Crippen LogP contribution in [0.5, 0.6) is 5.75 Å². The van der Waals surface area contributed by atoms with Gasteiger partial charge in [0.05, 0.1) is 5.56 Å². The number of rotatable bonds is 4. The van der Waals surface area contributed by atoms with Crippen molar-refractivity contribution >= 4 is 33.8 Å². The number of ether oxygens (including phenoxy) is 1. The van der Waals surface area contributed by atoms with E-state index in [0.717, 1.165) is 30.4 Å². The highest BCUT2D eigenvalue weighted by Gasteiger charge is 2.32. The Morgan fingerprint density at radius 1 is 1.43 bits per heavy atom.